The minimum Gasteiger partial charge on any atom is -0.492 e. The van der Waals surface area contributed by atoms with Crippen LogP contribution in [0.2, 0.25) is 0 Å². The van der Waals surface area contributed by atoms with Crippen LogP contribution < -0.4 is 10.5 Å². The number of hydrogen-bond acceptors (Lipinski definition) is 3. The van der Waals surface area contributed by atoms with Gasteiger partial charge in [0.05, 0.1) is 6.07 Å². The molecule has 96 valence electrons. The maximum absolute atomic E-state index is 12.2. The predicted octanol–water partition coefficient (Wildman–Crippen LogP) is 1.87. The van der Waals surface area contributed by atoms with Crippen LogP contribution in [0.15, 0.2) is 24.3 Å². The first-order valence-corrected chi connectivity index (χ1v) is 4.83. The zero-order valence-electron chi connectivity index (χ0n) is 9.07. The van der Waals surface area contributed by atoms with Crippen molar-refractivity contribution in [1.29, 1.82) is 5.26 Å². The van der Waals surface area contributed by atoms with E-state index in [-0.39, 0.29) is 11.3 Å². The molecule has 0 saturated carbocycles. The van der Waals surface area contributed by atoms with Gasteiger partial charge >= 0.3 is 6.18 Å². The van der Waals surface area contributed by atoms with Crippen molar-refractivity contribution in [2.24, 2.45) is 11.7 Å². The van der Waals surface area contributed by atoms with E-state index in [9.17, 15) is 18.0 Å². The number of nitriles is 1. The van der Waals surface area contributed by atoms with E-state index in [0.29, 0.717) is 0 Å². The summed E-state index contributed by atoms with van der Waals surface area (Å²) >= 11 is 0. The standard InChI is InChI=1S/C11H9F3N2O2/c12-11(13,14)8(5-15)6-18-9-3-1-7(2-4-9)10(16)17/h1-4,8H,6H2,(H2,16,17). The number of nitrogens with two attached hydrogens (primary N) is 1. The maximum atomic E-state index is 12.2. The highest BCUT2D eigenvalue weighted by atomic mass is 19.4. The molecule has 1 aromatic rings. The van der Waals surface area contributed by atoms with Gasteiger partial charge in [-0.3, -0.25) is 4.79 Å². The molecule has 0 saturated heterocycles. The molecule has 0 aliphatic heterocycles. The zero-order chi connectivity index (χ0) is 13.8. The number of halogens is 3. The Morgan fingerprint density at radius 1 is 1.39 bits per heavy atom. The van der Waals surface area contributed by atoms with E-state index in [0.717, 1.165) is 6.07 Å². The Morgan fingerprint density at radius 2 is 1.94 bits per heavy atom. The first-order chi connectivity index (χ1) is 8.34. The number of alkyl halides is 3. The molecule has 0 heterocycles. The summed E-state index contributed by atoms with van der Waals surface area (Å²) in [6.45, 7) is -0.796. The smallest absolute Gasteiger partial charge is 0.407 e. The van der Waals surface area contributed by atoms with Crippen LogP contribution in [-0.2, 0) is 0 Å². The van der Waals surface area contributed by atoms with Gasteiger partial charge in [-0.25, -0.2) is 0 Å². The zero-order valence-corrected chi connectivity index (χ0v) is 9.07. The fourth-order valence-electron chi connectivity index (χ4n) is 1.10. The van der Waals surface area contributed by atoms with Crippen LogP contribution in [0.1, 0.15) is 10.4 Å². The van der Waals surface area contributed by atoms with Gasteiger partial charge in [-0.1, -0.05) is 0 Å². The summed E-state index contributed by atoms with van der Waals surface area (Å²) in [6.07, 6.45) is -4.62. The lowest BCUT2D eigenvalue weighted by molar-refractivity contribution is -0.165. The number of hydrogen-bond donors (Lipinski definition) is 1. The molecule has 1 unspecified atom stereocenters. The molecular weight excluding hydrogens is 249 g/mol. The van der Waals surface area contributed by atoms with Crippen LogP contribution in [0.5, 0.6) is 5.75 Å². The van der Waals surface area contributed by atoms with Crippen LogP contribution in [0, 0.1) is 17.2 Å². The molecule has 4 nitrogen and oxygen atoms in total. The van der Waals surface area contributed by atoms with Crippen molar-refractivity contribution in [2.45, 2.75) is 6.18 Å². The van der Waals surface area contributed by atoms with Crippen molar-refractivity contribution in [1.82, 2.24) is 0 Å². The molecule has 18 heavy (non-hydrogen) atoms. The van der Waals surface area contributed by atoms with Gasteiger partial charge in [-0.05, 0) is 24.3 Å². The Balaban J connectivity index is 2.64. The quantitative estimate of drug-likeness (QED) is 0.895. The van der Waals surface area contributed by atoms with Crippen molar-refractivity contribution in [2.75, 3.05) is 6.61 Å². The molecule has 0 aliphatic rings. The van der Waals surface area contributed by atoms with Crippen LogP contribution in [0.4, 0.5) is 13.2 Å². The number of carbonyl (C=O) groups is 1. The van der Waals surface area contributed by atoms with E-state index in [2.05, 4.69) is 0 Å². The summed E-state index contributed by atoms with van der Waals surface area (Å²) in [6, 6.07) is 6.39. The summed E-state index contributed by atoms with van der Waals surface area (Å²) in [4.78, 5) is 10.7. The number of ether oxygens (including phenoxy) is 1. The topological polar surface area (TPSA) is 76.1 Å². The summed E-state index contributed by atoms with van der Waals surface area (Å²) in [5.74, 6) is -2.70. The molecule has 0 radical (unpaired) electrons. The molecule has 2 N–H and O–H groups in total. The molecular formula is C11H9F3N2O2. The SMILES string of the molecule is N#CC(COc1ccc(C(N)=O)cc1)C(F)(F)F. The van der Waals surface area contributed by atoms with Gasteiger partial charge in [0.1, 0.15) is 12.4 Å². The number of rotatable bonds is 4. The lowest BCUT2D eigenvalue weighted by atomic mass is 10.2. The molecule has 0 aromatic heterocycles. The Bertz CT molecular complexity index is 463. The minimum absolute atomic E-state index is 0.129. The van der Waals surface area contributed by atoms with Crippen molar-refractivity contribution in [3.8, 4) is 11.8 Å². The average molecular weight is 258 g/mol. The molecule has 0 aliphatic carbocycles. The van der Waals surface area contributed by atoms with E-state index in [1.807, 2.05) is 0 Å². The molecule has 1 amide bonds. The number of primary amides is 1. The van der Waals surface area contributed by atoms with Crippen LogP contribution in [0.3, 0.4) is 0 Å². The molecule has 1 atom stereocenters. The highest BCUT2D eigenvalue weighted by Crippen LogP contribution is 2.26. The Hall–Kier alpha value is -2.23. The lowest BCUT2D eigenvalue weighted by Crippen LogP contribution is -2.27. The molecule has 7 heteroatoms. The summed E-state index contributed by atoms with van der Waals surface area (Å²) in [5.41, 5.74) is 5.21. The highest BCUT2D eigenvalue weighted by Gasteiger charge is 2.40. The average Bonchev–Trinajstić information content (AvgIpc) is 2.28. The third kappa shape index (κ3) is 3.66. The van der Waals surface area contributed by atoms with Gasteiger partial charge in [0.15, 0.2) is 5.92 Å². The van der Waals surface area contributed by atoms with E-state index in [4.69, 9.17) is 15.7 Å². The van der Waals surface area contributed by atoms with E-state index < -0.39 is 24.6 Å². The van der Waals surface area contributed by atoms with Gasteiger partial charge < -0.3 is 10.5 Å². The maximum Gasteiger partial charge on any atom is 0.407 e. The third-order valence-corrected chi connectivity index (χ3v) is 2.11. The summed E-state index contributed by atoms with van der Waals surface area (Å²) < 4.78 is 41.5. The summed E-state index contributed by atoms with van der Waals surface area (Å²) in [7, 11) is 0. The predicted molar refractivity (Wildman–Crippen MR) is 55.6 cm³/mol. The normalized spacial score (nSPS) is 12.6. The Labute approximate surface area is 101 Å². The Morgan fingerprint density at radius 3 is 2.33 bits per heavy atom. The molecule has 0 bridgehead atoms. The first kappa shape index (κ1) is 13.8. The second-order valence-electron chi connectivity index (χ2n) is 3.42. The number of amides is 1. The van der Waals surface area contributed by atoms with Crippen molar-refractivity contribution in [3.05, 3.63) is 29.8 Å². The van der Waals surface area contributed by atoms with E-state index >= 15 is 0 Å². The van der Waals surface area contributed by atoms with Gasteiger partial charge in [0.25, 0.3) is 0 Å². The Kier molecular flexibility index (Phi) is 4.15. The highest BCUT2D eigenvalue weighted by molar-refractivity contribution is 5.92. The molecule has 0 fully saturated rings. The van der Waals surface area contributed by atoms with Gasteiger partial charge in [0.2, 0.25) is 5.91 Å². The van der Waals surface area contributed by atoms with Crippen LogP contribution in [0.25, 0.3) is 0 Å². The molecule has 0 spiro atoms. The number of benzene rings is 1. The molecule has 1 aromatic carbocycles. The van der Waals surface area contributed by atoms with Crippen LogP contribution in [-0.4, -0.2) is 18.7 Å². The van der Waals surface area contributed by atoms with E-state index in [1.54, 1.807) is 0 Å². The fourth-order valence-corrected chi connectivity index (χ4v) is 1.10. The van der Waals surface area contributed by atoms with E-state index in [1.165, 1.54) is 24.3 Å². The third-order valence-electron chi connectivity index (χ3n) is 2.11. The van der Waals surface area contributed by atoms with Gasteiger partial charge in [-0.2, -0.15) is 18.4 Å². The monoisotopic (exact) mass is 258 g/mol. The van der Waals surface area contributed by atoms with Gasteiger partial charge in [0, 0.05) is 5.56 Å². The fraction of sp³-hybridized carbons (Fsp3) is 0.273. The number of nitrogens with zero attached hydrogens (tertiary/aromatic N) is 1. The lowest BCUT2D eigenvalue weighted by Gasteiger charge is -2.14. The van der Waals surface area contributed by atoms with Crippen molar-refractivity contribution < 1.29 is 22.7 Å². The number of carbonyl (C=O) groups excluding carboxylic acids is 1. The second-order valence-corrected chi connectivity index (χ2v) is 3.42. The van der Waals surface area contributed by atoms with Crippen molar-refractivity contribution in [3.63, 3.8) is 0 Å². The van der Waals surface area contributed by atoms with Crippen molar-refractivity contribution >= 4 is 5.91 Å². The van der Waals surface area contributed by atoms with Gasteiger partial charge in [-0.15, -0.1) is 0 Å². The largest absolute Gasteiger partial charge is 0.492 e. The van der Waals surface area contributed by atoms with Crippen LogP contribution >= 0.6 is 0 Å². The second kappa shape index (κ2) is 5.40. The molecule has 1 rings (SSSR count). The summed E-state index contributed by atoms with van der Waals surface area (Å²) in [5, 5.41) is 8.35. The first-order valence-electron chi connectivity index (χ1n) is 4.83. The minimum atomic E-state index is -4.62.